The van der Waals surface area contributed by atoms with E-state index in [2.05, 4.69) is 16.9 Å². The summed E-state index contributed by atoms with van der Waals surface area (Å²) in [5, 5.41) is 4.16. The van der Waals surface area contributed by atoms with Gasteiger partial charge in [-0.05, 0) is 31.7 Å². The zero-order chi connectivity index (χ0) is 14.7. The Labute approximate surface area is 119 Å². The van der Waals surface area contributed by atoms with E-state index in [-0.39, 0.29) is 17.9 Å². The van der Waals surface area contributed by atoms with Crippen LogP contribution in [0.4, 0.5) is 4.39 Å². The van der Waals surface area contributed by atoms with Gasteiger partial charge in [-0.3, -0.25) is 9.58 Å². The van der Waals surface area contributed by atoms with Gasteiger partial charge in [0.15, 0.2) is 0 Å². The second kappa shape index (κ2) is 6.15. The normalized spacial score (nSPS) is 14.5. The second-order valence-corrected chi connectivity index (χ2v) is 5.26. The summed E-state index contributed by atoms with van der Waals surface area (Å²) in [7, 11) is 3.93. The Morgan fingerprint density at radius 1 is 1.35 bits per heavy atom. The molecule has 0 spiro atoms. The lowest BCUT2D eigenvalue weighted by atomic mass is 10.0. The summed E-state index contributed by atoms with van der Waals surface area (Å²) in [6.07, 6.45) is 3.85. The molecular weight excluding hydrogens is 255 g/mol. The second-order valence-electron chi connectivity index (χ2n) is 5.26. The van der Waals surface area contributed by atoms with E-state index in [9.17, 15) is 4.39 Å². The number of rotatable bonds is 5. The number of halogens is 1. The number of benzene rings is 1. The average Bonchev–Trinajstić information content (AvgIpc) is 2.83. The SMILES string of the molecule is CC(C(N)c1ccc(F)cc1)N(C)Cc1cnn(C)c1. The lowest BCUT2D eigenvalue weighted by Gasteiger charge is -2.29. The predicted molar refractivity (Wildman–Crippen MR) is 77.5 cm³/mol. The number of hydrogen-bond acceptors (Lipinski definition) is 3. The zero-order valence-corrected chi connectivity index (χ0v) is 12.1. The highest BCUT2D eigenvalue weighted by molar-refractivity contribution is 5.21. The smallest absolute Gasteiger partial charge is 0.123 e. The van der Waals surface area contributed by atoms with Gasteiger partial charge in [0.1, 0.15) is 5.82 Å². The average molecular weight is 276 g/mol. The first-order valence-corrected chi connectivity index (χ1v) is 6.66. The molecule has 0 aliphatic carbocycles. The third-order valence-corrected chi connectivity index (χ3v) is 3.66. The van der Waals surface area contributed by atoms with Gasteiger partial charge >= 0.3 is 0 Å². The molecule has 2 unspecified atom stereocenters. The molecule has 0 amide bonds. The molecule has 108 valence electrons. The highest BCUT2D eigenvalue weighted by Gasteiger charge is 2.19. The van der Waals surface area contributed by atoms with Gasteiger partial charge in [-0.15, -0.1) is 0 Å². The van der Waals surface area contributed by atoms with E-state index < -0.39 is 0 Å². The summed E-state index contributed by atoms with van der Waals surface area (Å²) in [6.45, 7) is 2.86. The molecule has 0 saturated heterocycles. The van der Waals surface area contributed by atoms with Crippen LogP contribution in [-0.2, 0) is 13.6 Å². The molecule has 0 aliphatic rings. The van der Waals surface area contributed by atoms with Crippen molar-refractivity contribution in [3.63, 3.8) is 0 Å². The molecule has 1 aromatic carbocycles. The van der Waals surface area contributed by atoms with Crippen LogP contribution in [0, 0.1) is 5.82 Å². The van der Waals surface area contributed by atoms with Gasteiger partial charge in [-0.1, -0.05) is 12.1 Å². The zero-order valence-electron chi connectivity index (χ0n) is 12.1. The van der Waals surface area contributed by atoms with Crippen molar-refractivity contribution in [1.82, 2.24) is 14.7 Å². The third kappa shape index (κ3) is 3.43. The van der Waals surface area contributed by atoms with Crippen molar-refractivity contribution >= 4 is 0 Å². The Balaban J connectivity index is 2.02. The minimum Gasteiger partial charge on any atom is -0.323 e. The molecule has 0 saturated carbocycles. The topological polar surface area (TPSA) is 47.1 Å². The Morgan fingerprint density at radius 2 is 2.00 bits per heavy atom. The maximum atomic E-state index is 12.9. The molecule has 2 N–H and O–H groups in total. The van der Waals surface area contributed by atoms with E-state index in [0.717, 1.165) is 17.7 Å². The van der Waals surface area contributed by atoms with E-state index in [0.29, 0.717) is 0 Å². The van der Waals surface area contributed by atoms with E-state index in [1.165, 1.54) is 12.1 Å². The standard InChI is InChI=1S/C15H21FN4/c1-11(15(17)13-4-6-14(16)7-5-13)19(2)9-12-8-18-20(3)10-12/h4-8,10-11,15H,9,17H2,1-3H3. The summed E-state index contributed by atoms with van der Waals surface area (Å²) >= 11 is 0. The molecule has 0 fully saturated rings. The molecule has 1 aromatic heterocycles. The number of aryl methyl sites for hydroxylation is 1. The molecular formula is C15H21FN4. The first kappa shape index (κ1) is 14.7. The van der Waals surface area contributed by atoms with Crippen LogP contribution in [0.25, 0.3) is 0 Å². The quantitative estimate of drug-likeness (QED) is 0.909. The van der Waals surface area contributed by atoms with Crippen molar-refractivity contribution in [2.75, 3.05) is 7.05 Å². The molecule has 5 heteroatoms. The summed E-state index contributed by atoms with van der Waals surface area (Å²) in [6, 6.07) is 6.37. The van der Waals surface area contributed by atoms with Gasteiger partial charge in [-0.25, -0.2) is 4.39 Å². The van der Waals surface area contributed by atoms with Crippen molar-refractivity contribution in [3.05, 3.63) is 53.6 Å². The first-order valence-electron chi connectivity index (χ1n) is 6.66. The van der Waals surface area contributed by atoms with Gasteiger partial charge in [0.05, 0.1) is 6.20 Å². The van der Waals surface area contributed by atoms with E-state index >= 15 is 0 Å². The fourth-order valence-corrected chi connectivity index (χ4v) is 2.22. The van der Waals surface area contributed by atoms with Crippen LogP contribution in [0.2, 0.25) is 0 Å². The summed E-state index contributed by atoms with van der Waals surface area (Å²) in [5.74, 6) is -0.239. The number of nitrogens with two attached hydrogens (primary N) is 1. The minimum absolute atomic E-state index is 0.140. The molecule has 2 aromatic rings. The van der Waals surface area contributed by atoms with Crippen molar-refractivity contribution in [3.8, 4) is 0 Å². The fraction of sp³-hybridized carbons (Fsp3) is 0.400. The van der Waals surface area contributed by atoms with Crippen LogP contribution in [0.15, 0.2) is 36.7 Å². The number of nitrogens with zero attached hydrogens (tertiary/aromatic N) is 3. The van der Waals surface area contributed by atoms with Gasteiger partial charge in [0, 0.05) is 37.4 Å². The van der Waals surface area contributed by atoms with E-state index in [4.69, 9.17) is 5.73 Å². The molecule has 20 heavy (non-hydrogen) atoms. The monoisotopic (exact) mass is 276 g/mol. The molecule has 0 aliphatic heterocycles. The predicted octanol–water partition coefficient (Wildman–Crippen LogP) is 2.08. The van der Waals surface area contributed by atoms with Crippen molar-refractivity contribution < 1.29 is 4.39 Å². The van der Waals surface area contributed by atoms with E-state index in [1.807, 2.05) is 26.5 Å². The Bertz CT molecular complexity index is 549. The van der Waals surface area contributed by atoms with Gasteiger partial charge in [-0.2, -0.15) is 5.10 Å². The summed E-state index contributed by atoms with van der Waals surface area (Å²) in [4.78, 5) is 2.17. The van der Waals surface area contributed by atoms with Crippen molar-refractivity contribution in [2.45, 2.75) is 25.6 Å². The Morgan fingerprint density at radius 3 is 2.55 bits per heavy atom. The van der Waals surface area contributed by atoms with Crippen LogP contribution in [0.1, 0.15) is 24.1 Å². The lowest BCUT2D eigenvalue weighted by molar-refractivity contribution is 0.219. The maximum absolute atomic E-state index is 12.9. The van der Waals surface area contributed by atoms with Crippen molar-refractivity contribution in [1.29, 1.82) is 0 Å². The largest absolute Gasteiger partial charge is 0.323 e. The molecule has 2 atom stereocenters. The number of likely N-dealkylation sites (N-methyl/N-ethyl adjacent to an activating group) is 1. The number of hydrogen-bond donors (Lipinski definition) is 1. The van der Waals surface area contributed by atoms with Crippen LogP contribution in [-0.4, -0.2) is 27.8 Å². The molecule has 2 rings (SSSR count). The molecule has 1 heterocycles. The lowest BCUT2D eigenvalue weighted by Crippen LogP contribution is -2.37. The minimum atomic E-state index is -0.239. The van der Waals surface area contributed by atoms with Crippen LogP contribution in [0.5, 0.6) is 0 Å². The highest BCUT2D eigenvalue weighted by atomic mass is 19.1. The van der Waals surface area contributed by atoms with Crippen LogP contribution < -0.4 is 5.73 Å². The Hall–Kier alpha value is -1.72. The highest BCUT2D eigenvalue weighted by Crippen LogP contribution is 2.19. The van der Waals surface area contributed by atoms with Crippen molar-refractivity contribution in [2.24, 2.45) is 12.8 Å². The number of aromatic nitrogens is 2. The molecule has 4 nitrogen and oxygen atoms in total. The van der Waals surface area contributed by atoms with Gasteiger partial charge in [0.25, 0.3) is 0 Å². The maximum Gasteiger partial charge on any atom is 0.123 e. The van der Waals surface area contributed by atoms with Gasteiger partial charge < -0.3 is 5.73 Å². The van der Waals surface area contributed by atoms with Gasteiger partial charge in [0.2, 0.25) is 0 Å². The molecule has 0 bridgehead atoms. The van der Waals surface area contributed by atoms with Crippen LogP contribution >= 0.6 is 0 Å². The van der Waals surface area contributed by atoms with E-state index in [1.54, 1.807) is 16.8 Å². The fourth-order valence-electron chi connectivity index (χ4n) is 2.22. The Kier molecular flexibility index (Phi) is 4.52. The molecule has 0 radical (unpaired) electrons. The first-order chi connectivity index (χ1) is 9.47. The summed E-state index contributed by atoms with van der Waals surface area (Å²) in [5.41, 5.74) is 8.35. The third-order valence-electron chi connectivity index (χ3n) is 3.66. The summed E-state index contributed by atoms with van der Waals surface area (Å²) < 4.78 is 14.7. The van der Waals surface area contributed by atoms with Crippen LogP contribution in [0.3, 0.4) is 0 Å².